The summed E-state index contributed by atoms with van der Waals surface area (Å²) >= 11 is 0. The fourth-order valence-corrected chi connectivity index (χ4v) is 2.98. The summed E-state index contributed by atoms with van der Waals surface area (Å²) in [6.07, 6.45) is 5.13. The summed E-state index contributed by atoms with van der Waals surface area (Å²) < 4.78 is 1.68. The molecule has 1 aromatic heterocycles. The molecule has 1 N–H and O–H groups in total. The minimum absolute atomic E-state index is 0.226. The van der Waals surface area contributed by atoms with Crippen molar-refractivity contribution in [3.05, 3.63) is 0 Å². The van der Waals surface area contributed by atoms with Gasteiger partial charge in [0.05, 0.1) is 0 Å². The van der Waals surface area contributed by atoms with Crippen LogP contribution in [-0.2, 0) is 7.05 Å². The van der Waals surface area contributed by atoms with Gasteiger partial charge in [0, 0.05) is 19.1 Å². The molecule has 1 aliphatic carbocycles. The zero-order valence-electron chi connectivity index (χ0n) is 11.8. The quantitative estimate of drug-likeness (QED) is 0.870. The Labute approximate surface area is 109 Å². The Bertz CT molecular complexity index is 388. The molecule has 1 aromatic rings. The molecule has 0 amide bonds. The molecule has 1 aliphatic rings. The molecule has 6 nitrogen and oxygen atoms in total. The van der Waals surface area contributed by atoms with Crippen LogP contribution in [0.4, 0.5) is 5.95 Å². The van der Waals surface area contributed by atoms with Crippen LogP contribution in [0.1, 0.15) is 32.6 Å². The molecule has 18 heavy (non-hydrogen) atoms. The SMILES string of the molecule is CC1CCCC(CNc2nnnn2C)(N(C)C)C1. The summed E-state index contributed by atoms with van der Waals surface area (Å²) in [4.78, 5) is 2.36. The number of rotatable bonds is 4. The van der Waals surface area contributed by atoms with Crippen molar-refractivity contribution < 1.29 is 0 Å². The maximum atomic E-state index is 3.98. The van der Waals surface area contributed by atoms with Crippen molar-refractivity contribution in [3.8, 4) is 0 Å². The van der Waals surface area contributed by atoms with E-state index in [1.165, 1.54) is 25.7 Å². The molecule has 0 spiro atoms. The van der Waals surface area contributed by atoms with Crippen molar-refractivity contribution in [2.24, 2.45) is 13.0 Å². The van der Waals surface area contributed by atoms with E-state index in [1.54, 1.807) is 4.68 Å². The summed E-state index contributed by atoms with van der Waals surface area (Å²) in [6.45, 7) is 3.25. The molecule has 1 heterocycles. The Kier molecular flexibility index (Phi) is 3.85. The first-order chi connectivity index (χ1) is 8.53. The van der Waals surface area contributed by atoms with Gasteiger partial charge in [-0.1, -0.05) is 24.9 Å². The van der Waals surface area contributed by atoms with E-state index < -0.39 is 0 Å². The number of aryl methyl sites for hydroxylation is 1. The zero-order chi connectivity index (χ0) is 13.2. The normalized spacial score (nSPS) is 28.6. The van der Waals surface area contributed by atoms with Crippen LogP contribution in [0.2, 0.25) is 0 Å². The zero-order valence-corrected chi connectivity index (χ0v) is 11.8. The van der Waals surface area contributed by atoms with Gasteiger partial charge in [-0.15, -0.1) is 0 Å². The van der Waals surface area contributed by atoms with Gasteiger partial charge in [-0.25, -0.2) is 4.68 Å². The highest BCUT2D eigenvalue weighted by Gasteiger charge is 2.36. The monoisotopic (exact) mass is 252 g/mol. The molecule has 0 aromatic carbocycles. The largest absolute Gasteiger partial charge is 0.351 e. The second-order valence-corrected chi connectivity index (χ2v) is 5.80. The van der Waals surface area contributed by atoms with Crippen LogP contribution in [0.15, 0.2) is 0 Å². The molecule has 2 rings (SSSR count). The molecule has 2 atom stereocenters. The van der Waals surface area contributed by atoms with E-state index in [0.29, 0.717) is 0 Å². The highest BCUT2D eigenvalue weighted by atomic mass is 15.6. The summed E-state index contributed by atoms with van der Waals surface area (Å²) in [5.41, 5.74) is 0.226. The number of hydrogen-bond acceptors (Lipinski definition) is 5. The Morgan fingerprint density at radius 3 is 2.83 bits per heavy atom. The van der Waals surface area contributed by atoms with Gasteiger partial charge >= 0.3 is 0 Å². The number of tetrazole rings is 1. The Morgan fingerprint density at radius 1 is 1.50 bits per heavy atom. The third-order valence-electron chi connectivity index (χ3n) is 4.21. The van der Waals surface area contributed by atoms with Crippen molar-refractivity contribution in [2.45, 2.75) is 38.1 Å². The average molecular weight is 252 g/mol. The van der Waals surface area contributed by atoms with Gasteiger partial charge in [0.15, 0.2) is 0 Å². The predicted octanol–water partition coefficient (Wildman–Crippen LogP) is 1.13. The Morgan fingerprint density at radius 2 is 2.28 bits per heavy atom. The molecule has 6 heteroatoms. The minimum Gasteiger partial charge on any atom is -0.351 e. The van der Waals surface area contributed by atoms with Gasteiger partial charge in [-0.2, -0.15) is 0 Å². The first kappa shape index (κ1) is 13.3. The molecular formula is C12H24N6. The second kappa shape index (κ2) is 5.22. The maximum Gasteiger partial charge on any atom is 0.242 e. The number of nitrogens with one attached hydrogen (secondary N) is 1. The number of likely N-dealkylation sites (N-methyl/N-ethyl adjacent to an activating group) is 1. The lowest BCUT2D eigenvalue weighted by atomic mass is 9.75. The first-order valence-electron chi connectivity index (χ1n) is 6.67. The molecule has 0 radical (unpaired) electrons. The molecule has 2 unspecified atom stereocenters. The molecule has 1 fully saturated rings. The summed E-state index contributed by atoms with van der Waals surface area (Å²) in [6, 6.07) is 0. The number of anilines is 1. The topological polar surface area (TPSA) is 58.9 Å². The van der Waals surface area contributed by atoms with Crippen molar-refractivity contribution >= 4 is 5.95 Å². The molecule has 0 aliphatic heterocycles. The minimum atomic E-state index is 0.226. The van der Waals surface area contributed by atoms with Crippen LogP contribution in [0.3, 0.4) is 0 Å². The molecule has 1 saturated carbocycles. The van der Waals surface area contributed by atoms with Gasteiger partial charge in [0.25, 0.3) is 0 Å². The highest BCUT2D eigenvalue weighted by molar-refractivity contribution is 5.23. The van der Waals surface area contributed by atoms with Crippen LogP contribution in [0.25, 0.3) is 0 Å². The van der Waals surface area contributed by atoms with Gasteiger partial charge < -0.3 is 10.2 Å². The number of nitrogens with zero attached hydrogens (tertiary/aromatic N) is 5. The van der Waals surface area contributed by atoms with E-state index >= 15 is 0 Å². The highest BCUT2D eigenvalue weighted by Crippen LogP contribution is 2.35. The van der Waals surface area contributed by atoms with Crippen molar-refractivity contribution in [3.63, 3.8) is 0 Å². The van der Waals surface area contributed by atoms with Crippen LogP contribution >= 0.6 is 0 Å². The second-order valence-electron chi connectivity index (χ2n) is 5.80. The number of hydrogen-bond donors (Lipinski definition) is 1. The summed E-state index contributed by atoms with van der Waals surface area (Å²) in [5, 5.41) is 14.9. The maximum absolute atomic E-state index is 3.98. The lowest BCUT2D eigenvalue weighted by molar-refractivity contribution is 0.0880. The fraction of sp³-hybridized carbons (Fsp3) is 0.917. The van der Waals surface area contributed by atoms with E-state index in [4.69, 9.17) is 0 Å². The van der Waals surface area contributed by atoms with Gasteiger partial charge in [-0.05, 0) is 43.3 Å². The van der Waals surface area contributed by atoms with Crippen LogP contribution in [-0.4, -0.2) is 51.3 Å². The van der Waals surface area contributed by atoms with Crippen molar-refractivity contribution in [2.75, 3.05) is 26.0 Å². The molecular weight excluding hydrogens is 228 g/mol. The molecule has 102 valence electrons. The summed E-state index contributed by atoms with van der Waals surface area (Å²) in [5.74, 6) is 1.54. The van der Waals surface area contributed by atoms with Gasteiger partial charge in [0.2, 0.25) is 5.95 Å². The van der Waals surface area contributed by atoms with Crippen LogP contribution in [0, 0.1) is 5.92 Å². The average Bonchev–Trinajstić information content (AvgIpc) is 2.72. The molecule has 0 saturated heterocycles. The van der Waals surface area contributed by atoms with E-state index in [-0.39, 0.29) is 5.54 Å². The molecule has 0 bridgehead atoms. The third kappa shape index (κ3) is 2.63. The smallest absolute Gasteiger partial charge is 0.242 e. The fourth-order valence-electron chi connectivity index (χ4n) is 2.98. The Balaban J connectivity index is 2.04. The third-order valence-corrected chi connectivity index (χ3v) is 4.21. The van der Waals surface area contributed by atoms with Gasteiger partial charge in [-0.3, -0.25) is 0 Å². The van der Waals surface area contributed by atoms with Crippen molar-refractivity contribution in [1.82, 2.24) is 25.1 Å². The lowest BCUT2D eigenvalue weighted by Crippen LogP contribution is -2.52. The standard InChI is InChI=1S/C12H24N6/c1-10-6-5-7-12(8-10,17(2)3)9-13-11-14-15-16-18(11)4/h10H,5-9H2,1-4H3,(H,13,14,16). The van der Waals surface area contributed by atoms with Gasteiger partial charge in [0.1, 0.15) is 0 Å². The van der Waals surface area contributed by atoms with Crippen LogP contribution in [0.5, 0.6) is 0 Å². The number of aromatic nitrogens is 4. The van der Waals surface area contributed by atoms with Crippen molar-refractivity contribution in [1.29, 1.82) is 0 Å². The lowest BCUT2D eigenvalue weighted by Gasteiger charge is -2.45. The van der Waals surface area contributed by atoms with Crippen LogP contribution < -0.4 is 5.32 Å². The van der Waals surface area contributed by atoms with E-state index in [1.807, 2.05) is 7.05 Å². The first-order valence-corrected chi connectivity index (χ1v) is 6.67. The van der Waals surface area contributed by atoms with E-state index in [2.05, 4.69) is 46.8 Å². The van der Waals surface area contributed by atoms with E-state index in [9.17, 15) is 0 Å². The van der Waals surface area contributed by atoms with E-state index in [0.717, 1.165) is 18.4 Å². The Hall–Kier alpha value is -1.17. The predicted molar refractivity (Wildman–Crippen MR) is 71.3 cm³/mol. The summed E-state index contributed by atoms with van der Waals surface area (Å²) in [7, 11) is 6.21.